The summed E-state index contributed by atoms with van der Waals surface area (Å²) in [7, 11) is 0. The minimum absolute atomic E-state index is 0.0355. The Bertz CT molecular complexity index is 554. The molecule has 0 radical (unpaired) electrons. The van der Waals surface area contributed by atoms with Crippen LogP contribution in [0.5, 0.6) is 0 Å². The summed E-state index contributed by atoms with van der Waals surface area (Å²) in [6.45, 7) is 7.97. The molecular weight excluding hydrogens is 238 g/mol. The number of nitrogens with zero attached hydrogens (tertiary/aromatic N) is 3. The Balaban J connectivity index is 2.29. The predicted octanol–water partition coefficient (Wildman–Crippen LogP) is 3.02. The fourth-order valence-electron chi connectivity index (χ4n) is 1.97. The topological polar surface area (TPSA) is 47.8 Å². The predicted molar refractivity (Wildman–Crippen MR) is 74.2 cm³/mol. The zero-order valence-electron chi connectivity index (χ0n) is 11.8. The van der Waals surface area contributed by atoms with Crippen LogP contribution in [0.1, 0.15) is 49.5 Å². The van der Waals surface area contributed by atoms with Crippen LogP contribution in [0.25, 0.3) is 0 Å². The molecule has 0 N–H and O–H groups in total. The van der Waals surface area contributed by atoms with Gasteiger partial charge in [0.05, 0.1) is 0 Å². The van der Waals surface area contributed by atoms with E-state index in [1.165, 1.54) is 11.9 Å². The first-order valence-electron chi connectivity index (χ1n) is 6.43. The van der Waals surface area contributed by atoms with Crippen molar-refractivity contribution in [2.75, 3.05) is 0 Å². The molecule has 0 atom stereocenters. The summed E-state index contributed by atoms with van der Waals surface area (Å²) >= 11 is 0. The monoisotopic (exact) mass is 257 g/mol. The third-order valence-electron chi connectivity index (χ3n) is 3.39. The summed E-state index contributed by atoms with van der Waals surface area (Å²) < 4.78 is 1.59. The van der Waals surface area contributed by atoms with Gasteiger partial charge in [-0.1, -0.05) is 38.1 Å². The summed E-state index contributed by atoms with van der Waals surface area (Å²) in [5.41, 5.74) is 1.20. The Kier molecular flexibility index (Phi) is 3.51. The minimum Gasteiger partial charge on any atom is -0.291 e. The standard InChI is InChI=1S/C15H19N3O/c1-11(2)12-5-7-13(8-6-12)14(19)15(3,4)18-10-16-9-17-18/h5-11H,1-4H3. The van der Waals surface area contributed by atoms with Gasteiger partial charge < -0.3 is 0 Å². The lowest BCUT2D eigenvalue weighted by atomic mass is 9.92. The largest absolute Gasteiger partial charge is 0.291 e. The second-order valence-electron chi connectivity index (χ2n) is 5.50. The average Bonchev–Trinajstić information content (AvgIpc) is 2.92. The Morgan fingerprint density at radius 1 is 1.21 bits per heavy atom. The Labute approximate surface area is 113 Å². The van der Waals surface area contributed by atoms with Gasteiger partial charge in [-0.2, -0.15) is 5.10 Å². The lowest BCUT2D eigenvalue weighted by Gasteiger charge is -2.23. The first kappa shape index (κ1) is 13.5. The van der Waals surface area contributed by atoms with Crippen molar-refractivity contribution in [3.8, 4) is 0 Å². The number of carbonyl (C=O) groups excluding carboxylic acids is 1. The summed E-state index contributed by atoms with van der Waals surface area (Å²) in [6.07, 6.45) is 3.01. The highest BCUT2D eigenvalue weighted by Gasteiger charge is 2.31. The van der Waals surface area contributed by atoms with Gasteiger partial charge in [-0.3, -0.25) is 4.79 Å². The van der Waals surface area contributed by atoms with E-state index in [1.54, 1.807) is 11.0 Å². The van der Waals surface area contributed by atoms with Gasteiger partial charge in [-0.05, 0) is 25.3 Å². The van der Waals surface area contributed by atoms with Crippen LogP contribution in [0.2, 0.25) is 0 Å². The molecule has 2 rings (SSSR count). The molecule has 2 aromatic rings. The normalized spacial score (nSPS) is 11.8. The summed E-state index contributed by atoms with van der Waals surface area (Å²) in [5.74, 6) is 0.501. The molecule has 0 unspecified atom stereocenters. The Morgan fingerprint density at radius 2 is 1.84 bits per heavy atom. The molecule has 0 fully saturated rings. The number of benzene rings is 1. The molecule has 0 aliphatic heterocycles. The van der Waals surface area contributed by atoms with Gasteiger partial charge in [0.25, 0.3) is 0 Å². The molecule has 4 nitrogen and oxygen atoms in total. The second kappa shape index (κ2) is 4.96. The first-order chi connectivity index (χ1) is 8.93. The maximum Gasteiger partial charge on any atom is 0.189 e. The summed E-state index contributed by atoms with van der Waals surface area (Å²) in [5, 5.41) is 4.07. The average molecular weight is 257 g/mol. The van der Waals surface area contributed by atoms with Crippen molar-refractivity contribution in [1.29, 1.82) is 0 Å². The van der Waals surface area contributed by atoms with E-state index in [0.717, 1.165) is 0 Å². The van der Waals surface area contributed by atoms with Crippen LogP contribution >= 0.6 is 0 Å². The van der Waals surface area contributed by atoms with Gasteiger partial charge in [-0.15, -0.1) is 0 Å². The van der Waals surface area contributed by atoms with E-state index in [1.807, 2.05) is 38.1 Å². The summed E-state index contributed by atoms with van der Waals surface area (Å²) in [6, 6.07) is 7.79. The van der Waals surface area contributed by atoms with Crippen molar-refractivity contribution < 1.29 is 4.79 Å². The molecule has 1 heterocycles. The van der Waals surface area contributed by atoms with Gasteiger partial charge >= 0.3 is 0 Å². The summed E-state index contributed by atoms with van der Waals surface area (Å²) in [4.78, 5) is 16.5. The smallest absolute Gasteiger partial charge is 0.189 e. The fraction of sp³-hybridized carbons (Fsp3) is 0.400. The lowest BCUT2D eigenvalue weighted by Crippen LogP contribution is -2.36. The van der Waals surface area contributed by atoms with Gasteiger partial charge in [-0.25, -0.2) is 9.67 Å². The van der Waals surface area contributed by atoms with Crippen molar-refractivity contribution in [2.24, 2.45) is 0 Å². The van der Waals surface area contributed by atoms with Crippen LogP contribution in [-0.2, 0) is 5.54 Å². The number of hydrogen-bond donors (Lipinski definition) is 0. The molecule has 0 spiro atoms. The van der Waals surface area contributed by atoms with Gasteiger partial charge in [0, 0.05) is 5.56 Å². The van der Waals surface area contributed by atoms with E-state index < -0.39 is 5.54 Å². The molecule has 19 heavy (non-hydrogen) atoms. The molecule has 4 heteroatoms. The zero-order valence-corrected chi connectivity index (χ0v) is 11.8. The van der Waals surface area contributed by atoms with Crippen LogP contribution in [0.15, 0.2) is 36.9 Å². The molecule has 0 saturated carbocycles. The highest BCUT2D eigenvalue weighted by Crippen LogP contribution is 2.22. The number of hydrogen-bond acceptors (Lipinski definition) is 3. The van der Waals surface area contributed by atoms with Crippen LogP contribution in [0, 0.1) is 0 Å². The van der Waals surface area contributed by atoms with Crippen LogP contribution in [-0.4, -0.2) is 20.5 Å². The van der Waals surface area contributed by atoms with Crippen LogP contribution in [0.3, 0.4) is 0 Å². The SMILES string of the molecule is CC(C)c1ccc(C(=O)C(C)(C)n2cncn2)cc1. The first-order valence-corrected chi connectivity index (χ1v) is 6.43. The highest BCUT2D eigenvalue weighted by atomic mass is 16.1. The van der Waals surface area contributed by atoms with Crippen molar-refractivity contribution in [2.45, 2.75) is 39.2 Å². The van der Waals surface area contributed by atoms with Crippen molar-refractivity contribution >= 4 is 5.78 Å². The molecule has 100 valence electrons. The van der Waals surface area contributed by atoms with E-state index in [0.29, 0.717) is 11.5 Å². The molecule has 0 saturated heterocycles. The number of Topliss-reactive ketones (excluding diaryl/α,β-unsaturated/α-hetero) is 1. The molecule has 1 aromatic carbocycles. The van der Waals surface area contributed by atoms with Crippen LogP contribution in [0.4, 0.5) is 0 Å². The van der Waals surface area contributed by atoms with Crippen molar-refractivity contribution in [3.63, 3.8) is 0 Å². The maximum absolute atomic E-state index is 12.6. The maximum atomic E-state index is 12.6. The van der Waals surface area contributed by atoms with E-state index in [9.17, 15) is 4.79 Å². The number of ketones is 1. The van der Waals surface area contributed by atoms with Crippen molar-refractivity contribution in [3.05, 3.63) is 48.0 Å². The molecule has 0 aliphatic rings. The molecule has 0 bridgehead atoms. The van der Waals surface area contributed by atoms with Crippen LogP contribution < -0.4 is 0 Å². The van der Waals surface area contributed by atoms with E-state index in [2.05, 4.69) is 23.9 Å². The zero-order chi connectivity index (χ0) is 14.0. The third kappa shape index (κ3) is 2.57. The Hall–Kier alpha value is -1.97. The van der Waals surface area contributed by atoms with Crippen molar-refractivity contribution in [1.82, 2.24) is 14.8 Å². The van der Waals surface area contributed by atoms with E-state index >= 15 is 0 Å². The molecule has 0 amide bonds. The Morgan fingerprint density at radius 3 is 2.32 bits per heavy atom. The highest BCUT2D eigenvalue weighted by molar-refractivity contribution is 6.01. The molecule has 1 aromatic heterocycles. The van der Waals surface area contributed by atoms with E-state index in [4.69, 9.17) is 0 Å². The molecule has 0 aliphatic carbocycles. The number of rotatable bonds is 4. The van der Waals surface area contributed by atoms with Gasteiger partial charge in [0.1, 0.15) is 18.2 Å². The fourth-order valence-corrected chi connectivity index (χ4v) is 1.97. The second-order valence-corrected chi connectivity index (χ2v) is 5.50. The van der Waals surface area contributed by atoms with Gasteiger partial charge in [0.2, 0.25) is 0 Å². The third-order valence-corrected chi connectivity index (χ3v) is 3.39. The van der Waals surface area contributed by atoms with Gasteiger partial charge in [0.15, 0.2) is 5.78 Å². The quantitative estimate of drug-likeness (QED) is 0.791. The molecular formula is C15H19N3O. The lowest BCUT2D eigenvalue weighted by molar-refractivity contribution is 0.0833. The van der Waals surface area contributed by atoms with E-state index in [-0.39, 0.29) is 5.78 Å². The minimum atomic E-state index is -0.726. The number of aromatic nitrogens is 3. The number of carbonyl (C=O) groups is 1.